The van der Waals surface area contributed by atoms with Gasteiger partial charge in [0, 0.05) is 13.1 Å². The van der Waals surface area contributed by atoms with Crippen molar-refractivity contribution in [3.63, 3.8) is 0 Å². The van der Waals surface area contributed by atoms with Gasteiger partial charge in [-0.25, -0.2) is 0 Å². The molecular weight excluding hydrogens is 303 g/mol. The lowest BCUT2D eigenvalue weighted by atomic mass is 10.2. The molecule has 1 atom stereocenters. The molecule has 1 fully saturated rings. The van der Waals surface area contributed by atoms with Crippen molar-refractivity contribution < 1.29 is 14.3 Å². The minimum absolute atomic E-state index is 0.0514. The summed E-state index contributed by atoms with van der Waals surface area (Å²) in [5, 5.41) is 3.29. The van der Waals surface area contributed by atoms with Gasteiger partial charge in [0.25, 0.3) is 5.91 Å². The Bertz CT molecular complexity index is 536. The van der Waals surface area contributed by atoms with Crippen molar-refractivity contribution in [3.05, 3.63) is 28.2 Å². The molecule has 1 aliphatic heterocycles. The van der Waals surface area contributed by atoms with Crippen LogP contribution in [0.2, 0.25) is 10.0 Å². The van der Waals surface area contributed by atoms with E-state index in [1.165, 1.54) is 4.90 Å². The van der Waals surface area contributed by atoms with Crippen LogP contribution in [0.3, 0.4) is 0 Å². The van der Waals surface area contributed by atoms with Crippen molar-refractivity contribution in [1.82, 2.24) is 10.2 Å². The molecule has 0 aliphatic carbocycles. The molecule has 2 amide bonds. The average Bonchev–Trinajstić information content (AvgIpc) is 2.43. The lowest BCUT2D eigenvalue weighted by molar-refractivity contribution is -0.143. The Morgan fingerprint density at radius 2 is 2.20 bits per heavy atom. The number of ether oxygens (including phenoxy) is 1. The smallest absolute Gasteiger partial charge is 0.263 e. The second-order valence-electron chi connectivity index (χ2n) is 4.42. The fourth-order valence-corrected chi connectivity index (χ4v) is 2.24. The summed E-state index contributed by atoms with van der Waals surface area (Å²) in [6.07, 6.45) is -0.739. The quantitative estimate of drug-likeness (QED) is 0.923. The molecule has 1 aliphatic rings. The fourth-order valence-electron chi connectivity index (χ4n) is 1.90. The maximum Gasteiger partial charge on any atom is 0.263 e. The van der Waals surface area contributed by atoms with Crippen LogP contribution in [0.1, 0.15) is 6.92 Å². The minimum Gasteiger partial charge on any atom is -0.479 e. The van der Waals surface area contributed by atoms with Gasteiger partial charge in [-0.05, 0) is 19.1 Å². The van der Waals surface area contributed by atoms with Gasteiger partial charge in [0.2, 0.25) is 5.91 Å². The fraction of sp³-hybridized carbons (Fsp3) is 0.385. The summed E-state index contributed by atoms with van der Waals surface area (Å²) in [5.74, 6) is -0.0741. The van der Waals surface area contributed by atoms with E-state index < -0.39 is 6.10 Å². The third-order valence-electron chi connectivity index (χ3n) is 2.92. The summed E-state index contributed by atoms with van der Waals surface area (Å²) in [6, 6.07) is 4.97. The van der Waals surface area contributed by atoms with Crippen LogP contribution >= 0.6 is 23.2 Å². The Morgan fingerprint density at radius 3 is 2.90 bits per heavy atom. The zero-order chi connectivity index (χ0) is 14.7. The summed E-state index contributed by atoms with van der Waals surface area (Å²) < 4.78 is 5.54. The molecule has 5 nitrogen and oxygen atoms in total. The highest BCUT2D eigenvalue weighted by atomic mass is 35.5. The maximum absolute atomic E-state index is 12.2. The number of hydrogen-bond donors (Lipinski definition) is 1. The average molecular weight is 317 g/mol. The molecule has 1 aromatic rings. The number of hydrogen-bond acceptors (Lipinski definition) is 3. The van der Waals surface area contributed by atoms with Crippen LogP contribution in [-0.4, -0.2) is 42.5 Å². The number of nitrogens with zero attached hydrogens (tertiary/aromatic N) is 1. The van der Waals surface area contributed by atoms with Gasteiger partial charge in [-0.2, -0.15) is 0 Å². The number of halogens is 2. The molecule has 1 heterocycles. The van der Waals surface area contributed by atoms with Gasteiger partial charge in [-0.15, -0.1) is 0 Å². The first-order valence-electron chi connectivity index (χ1n) is 6.15. The molecule has 1 saturated heterocycles. The number of amides is 2. The van der Waals surface area contributed by atoms with Gasteiger partial charge in [-0.3, -0.25) is 9.59 Å². The summed E-state index contributed by atoms with van der Waals surface area (Å²) in [5.41, 5.74) is 0. The van der Waals surface area contributed by atoms with E-state index in [1.54, 1.807) is 25.1 Å². The number of piperazine rings is 1. The van der Waals surface area contributed by atoms with Crippen molar-refractivity contribution >= 4 is 35.0 Å². The van der Waals surface area contributed by atoms with Crippen molar-refractivity contribution in [2.45, 2.75) is 13.0 Å². The Balaban J connectivity index is 2.04. The number of nitrogens with one attached hydrogen (secondary N) is 1. The molecule has 0 unspecified atom stereocenters. The van der Waals surface area contributed by atoms with Crippen molar-refractivity contribution in [2.75, 3.05) is 19.6 Å². The van der Waals surface area contributed by atoms with Crippen LogP contribution in [0.15, 0.2) is 18.2 Å². The van der Waals surface area contributed by atoms with Gasteiger partial charge in [0.1, 0.15) is 10.8 Å². The third-order valence-corrected chi connectivity index (χ3v) is 3.72. The number of carbonyl (C=O) groups excluding carboxylic acids is 2. The van der Waals surface area contributed by atoms with E-state index in [0.29, 0.717) is 23.9 Å². The normalized spacial score (nSPS) is 16.6. The third kappa shape index (κ3) is 3.35. The monoisotopic (exact) mass is 316 g/mol. The van der Waals surface area contributed by atoms with Crippen LogP contribution in [-0.2, 0) is 9.59 Å². The van der Waals surface area contributed by atoms with E-state index in [1.807, 2.05) is 0 Å². The topological polar surface area (TPSA) is 58.6 Å². The molecular formula is C13H14Cl2N2O3. The van der Waals surface area contributed by atoms with Crippen LogP contribution in [0.25, 0.3) is 0 Å². The van der Waals surface area contributed by atoms with Gasteiger partial charge in [-0.1, -0.05) is 29.3 Å². The number of rotatable bonds is 3. The molecule has 0 bridgehead atoms. The van der Waals surface area contributed by atoms with E-state index in [2.05, 4.69) is 5.32 Å². The molecule has 1 N–H and O–H groups in total. The Morgan fingerprint density at radius 1 is 1.45 bits per heavy atom. The van der Waals surface area contributed by atoms with Crippen LogP contribution < -0.4 is 10.1 Å². The summed E-state index contributed by atoms with van der Waals surface area (Å²) in [4.78, 5) is 24.9. The number of benzene rings is 1. The summed E-state index contributed by atoms with van der Waals surface area (Å²) in [7, 11) is 0. The summed E-state index contributed by atoms with van der Waals surface area (Å²) >= 11 is 11.9. The molecule has 108 valence electrons. The Labute approximate surface area is 126 Å². The zero-order valence-corrected chi connectivity index (χ0v) is 12.4. The van der Waals surface area contributed by atoms with Crippen LogP contribution in [0, 0.1) is 0 Å². The SMILES string of the molecule is C[C@@H](Oc1cccc(Cl)c1Cl)C(=O)N1CCNC(=O)C1. The minimum atomic E-state index is -0.739. The second-order valence-corrected chi connectivity index (χ2v) is 5.21. The van der Waals surface area contributed by atoms with E-state index >= 15 is 0 Å². The van der Waals surface area contributed by atoms with Crippen molar-refractivity contribution in [3.8, 4) is 5.75 Å². The summed E-state index contributed by atoms with van der Waals surface area (Å²) in [6.45, 7) is 2.60. The second kappa shape index (κ2) is 6.33. The Kier molecular flexibility index (Phi) is 4.73. The van der Waals surface area contributed by atoms with Gasteiger partial charge in [0.15, 0.2) is 6.10 Å². The predicted octanol–water partition coefficient (Wildman–Crippen LogP) is 1.72. The van der Waals surface area contributed by atoms with Gasteiger partial charge in [0.05, 0.1) is 11.6 Å². The lowest BCUT2D eigenvalue weighted by Gasteiger charge is -2.29. The molecule has 2 rings (SSSR count). The molecule has 0 radical (unpaired) electrons. The van der Waals surface area contributed by atoms with Crippen molar-refractivity contribution in [2.24, 2.45) is 0 Å². The van der Waals surface area contributed by atoms with Gasteiger partial charge >= 0.3 is 0 Å². The standard InChI is InChI=1S/C13H14Cl2N2O3/c1-8(13(19)17-6-5-16-11(18)7-17)20-10-4-2-3-9(14)12(10)15/h2-4,8H,5-7H2,1H3,(H,16,18)/t8-/m1/s1. The first kappa shape index (κ1) is 14.9. The Hall–Kier alpha value is -1.46. The molecule has 7 heteroatoms. The van der Waals surface area contributed by atoms with E-state index in [0.717, 1.165) is 0 Å². The molecule has 20 heavy (non-hydrogen) atoms. The zero-order valence-electron chi connectivity index (χ0n) is 10.9. The molecule has 0 spiro atoms. The molecule has 1 aromatic carbocycles. The van der Waals surface area contributed by atoms with E-state index in [4.69, 9.17) is 27.9 Å². The van der Waals surface area contributed by atoms with Gasteiger partial charge < -0.3 is 15.0 Å². The highest BCUT2D eigenvalue weighted by Gasteiger charge is 2.26. The van der Waals surface area contributed by atoms with Crippen molar-refractivity contribution in [1.29, 1.82) is 0 Å². The highest BCUT2D eigenvalue weighted by Crippen LogP contribution is 2.32. The maximum atomic E-state index is 12.2. The number of carbonyl (C=O) groups is 2. The van der Waals surface area contributed by atoms with E-state index in [-0.39, 0.29) is 23.4 Å². The first-order valence-corrected chi connectivity index (χ1v) is 6.91. The highest BCUT2D eigenvalue weighted by molar-refractivity contribution is 6.42. The van der Waals surface area contributed by atoms with Crippen LogP contribution in [0.4, 0.5) is 0 Å². The van der Waals surface area contributed by atoms with E-state index in [9.17, 15) is 9.59 Å². The lowest BCUT2D eigenvalue weighted by Crippen LogP contribution is -2.53. The van der Waals surface area contributed by atoms with Crippen LogP contribution in [0.5, 0.6) is 5.75 Å². The first-order chi connectivity index (χ1) is 9.49. The largest absolute Gasteiger partial charge is 0.479 e. The molecule has 0 aromatic heterocycles. The predicted molar refractivity (Wildman–Crippen MR) is 76.1 cm³/mol. The molecule has 0 saturated carbocycles.